The first-order valence-electron chi connectivity index (χ1n) is 10.1. The fraction of sp³-hybridized carbons (Fsp3) is 0.500. The number of rotatable bonds is 6. The molecule has 0 saturated carbocycles. The molecule has 1 aliphatic rings. The Morgan fingerprint density at radius 3 is 2.86 bits per heavy atom. The Balaban J connectivity index is 1.57. The largest absolute Gasteiger partial charge is 0.450 e. The minimum absolute atomic E-state index is 0.224. The number of aromatic amines is 1. The maximum atomic E-state index is 11.8. The first-order chi connectivity index (χ1) is 14.2. The number of nitrogens with zero attached hydrogens (tertiary/aromatic N) is 4. The van der Waals surface area contributed by atoms with Crippen LogP contribution in [0, 0.1) is 0 Å². The van der Waals surface area contributed by atoms with Gasteiger partial charge < -0.3 is 20.3 Å². The van der Waals surface area contributed by atoms with Crippen molar-refractivity contribution in [3.05, 3.63) is 36.2 Å². The number of carbonyl (C=O) groups excluding carboxylic acids is 1. The fourth-order valence-electron chi connectivity index (χ4n) is 3.27. The van der Waals surface area contributed by atoms with Crippen LogP contribution in [0.4, 0.5) is 4.79 Å². The van der Waals surface area contributed by atoms with Gasteiger partial charge in [0, 0.05) is 31.2 Å². The van der Waals surface area contributed by atoms with Gasteiger partial charge in [-0.05, 0) is 38.3 Å². The molecular formula is C20H29N7O2. The molecule has 0 bridgehead atoms. The van der Waals surface area contributed by atoms with Crippen molar-refractivity contribution >= 4 is 12.1 Å². The van der Waals surface area contributed by atoms with Gasteiger partial charge in [-0.2, -0.15) is 5.10 Å². The molecule has 3 N–H and O–H groups in total. The number of hydrogen-bond acceptors (Lipinski definition) is 5. The normalized spacial score (nSPS) is 15.2. The molecule has 3 rings (SSSR count). The summed E-state index contributed by atoms with van der Waals surface area (Å²) >= 11 is 0. The number of aromatic nitrogens is 3. The average molecular weight is 399 g/mol. The lowest BCUT2D eigenvalue weighted by molar-refractivity contribution is 0.0963. The van der Waals surface area contributed by atoms with Gasteiger partial charge in [0.25, 0.3) is 0 Å². The highest BCUT2D eigenvalue weighted by Crippen LogP contribution is 2.16. The average Bonchev–Trinajstić information content (AvgIpc) is 3.28. The third-order valence-electron chi connectivity index (χ3n) is 4.74. The molecule has 29 heavy (non-hydrogen) atoms. The van der Waals surface area contributed by atoms with E-state index in [1.165, 1.54) is 6.33 Å². The van der Waals surface area contributed by atoms with Crippen molar-refractivity contribution in [3.8, 4) is 11.4 Å². The number of ether oxygens (including phenoxy) is 1. The number of aliphatic imine (C=N–C) groups is 1. The van der Waals surface area contributed by atoms with Gasteiger partial charge >= 0.3 is 6.09 Å². The van der Waals surface area contributed by atoms with E-state index in [9.17, 15) is 4.79 Å². The van der Waals surface area contributed by atoms with Crippen LogP contribution in [0.25, 0.3) is 11.4 Å². The smallest absolute Gasteiger partial charge is 0.409 e. The first-order valence-corrected chi connectivity index (χ1v) is 10.1. The van der Waals surface area contributed by atoms with E-state index in [0.29, 0.717) is 26.2 Å². The summed E-state index contributed by atoms with van der Waals surface area (Å²) in [7, 11) is 0. The molecule has 0 spiro atoms. The number of carbonyl (C=O) groups is 1. The second-order valence-electron chi connectivity index (χ2n) is 6.83. The van der Waals surface area contributed by atoms with Gasteiger partial charge in [-0.1, -0.05) is 18.2 Å². The quantitative estimate of drug-likeness (QED) is 0.507. The molecule has 1 aromatic carbocycles. The van der Waals surface area contributed by atoms with E-state index in [1.54, 1.807) is 4.90 Å². The minimum Gasteiger partial charge on any atom is -0.450 e. The zero-order valence-electron chi connectivity index (χ0n) is 17.0. The lowest BCUT2D eigenvalue weighted by Gasteiger charge is -2.32. The number of nitrogens with one attached hydrogen (secondary N) is 3. The van der Waals surface area contributed by atoms with Gasteiger partial charge in [0.1, 0.15) is 6.33 Å². The van der Waals surface area contributed by atoms with Gasteiger partial charge in [-0.15, -0.1) is 0 Å². The van der Waals surface area contributed by atoms with E-state index in [1.807, 2.05) is 32.0 Å². The highest BCUT2D eigenvalue weighted by atomic mass is 16.6. The predicted molar refractivity (Wildman–Crippen MR) is 111 cm³/mol. The van der Waals surface area contributed by atoms with Crippen LogP contribution in [0.5, 0.6) is 0 Å². The topological polar surface area (TPSA) is 108 Å². The molecule has 9 nitrogen and oxygen atoms in total. The van der Waals surface area contributed by atoms with Gasteiger partial charge in [0.2, 0.25) is 0 Å². The van der Waals surface area contributed by atoms with Crippen molar-refractivity contribution < 1.29 is 9.53 Å². The highest BCUT2D eigenvalue weighted by molar-refractivity contribution is 5.80. The van der Waals surface area contributed by atoms with Crippen molar-refractivity contribution in [2.24, 2.45) is 4.99 Å². The highest BCUT2D eigenvalue weighted by Gasteiger charge is 2.24. The lowest BCUT2D eigenvalue weighted by atomic mass is 10.1. The van der Waals surface area contributed by atoms with Gasteiger partial charge in [0.15, 0.2) is 11.8 Å². The van der Waals surface area contributed by atoms with Crippen molar-refractivity contribution in [1.29, 1.82) is 0 Å². The van der Waals surface area contributed by atoms with Crippen LogP contribution in [-0.4, -0.2) is 64.4 Å². The van der Waals surface area contributed by atoms with E-state index in [0.717, 1.165) is 42.3 Å². The Bertz CT molecular complexity index is 799. The Morgan fingerprint density at radius 1 is 1.34 bits per heavy atom. The molecule has 2 heterocycles. The van der Waals surface area contributed by atoms with Crippen molar-refractivity contribution in [1.82, 2.24) is 30.7 Å². The number of amides is 1. The number of piperidine rings is 1. The third-order valence-corrected chi connectivity index (χ3v) is 4.74. The maximum Gasteiger partial charge on any atom is 0.409 e. The van der Waals surface area contributed by atoms with E-state index in [-0.39, 0.29) is 12.1 Å². The summed E-state index contributed by atoms with van der Waals surface area (Å²) in [5.41, 5.74) is 2.08. The predicted octanol–water partition coefficient (Wildman–Crippen LogP) is 2.15. The Hall–Kier alpha value is -3.10. The zero-order valence-corrected chi connectivity index (χ0v) is 17.0. The molecule has 2 aromatic rings. The number of H-pyrrole nitrogens is 1. The van der Waals surface area contributed by atoms with Crippen LogP contribution >= 0.6 is 0 Å². The molecule has 0 unspecified atom stereocenters. The maximum absolute atomic E-state index is 11.8. The molecule has 1 saturated heterocycles. The van der Waals surface area contributed by atoms with E-state index in [2.05, 4.69) is 31.9 Å². The van der Waals surface area contributed by atoms with Gasteiger partial charge in [-0.3, -0.25) is 5.10 Å². The van der Waals surface area contributed by atoms with Crippen LogP contribution < -0.4 is 10.6 Å². The molecular weight excluding hydrogens is 370 g/mol. The molecule has 0 radical (unpaired) electrons. The molecule has 156 valence electrons. The Labute approximate surface area is 171 Å². The Kier molecular flexibility index (Phi) is 7.43. The molecule has 1 amide bonds. The SMILES string of the molecule is CCNC(=NCc1cccc(-c2ncn[nH]2)c1)NC1CCN(C(=O)OCC)CC1. The summed E-state index contributed by atoms with van der Waals surface area (Å²) in [6, 6.07) is 8.37. The summed E-state index contributed by atoms with van der Waals surface area (Å²) in [6.45, 7) is 7.00. The summed E-state index contributed by atoms with van der Waals surface area (Å²) in [6.07, 6.45) is 3.01. The number of benzene rings is 1. The van der Waals surface area contributed by atoms with Crippen molar-refractivity contribution in [2.45, 2.75) is 39.3 Å². The standard InChI is InChI=1S/C20H29N7O2/c1-3-21-19(25-17-8-10-27(11-9-17)20(28)29-4-2)22-13-15-6-5-7-16(12-15)18-23-14-24-26-18/h5-7,12,14,17H,3-4,8-11,13H2,1-2H3,(H2,21,22,25)(H,23,24,26). The molecule has 1 aromatic heterocycles. The summed E-state index contributed by atoms with van der Waals surface area (Å²) < 4.78 is 5.08. The fourth-order valence-corrected chi connectivity index (χ4v) is 3.27. The molecule has 1 aliphatic heterocycles. The van der Waals surface area contributed by atoms with Crippen LogP contribution in [0.2, 0.25) is 0 Å². The monoisotopic (exact) mass is 399 g/mol. The lowest BCUT2D eigenvalue weighted by Crippen LogP contribution is -2.49. The van der Waals surface area contributed by atoms with Crippen molar-refractivity contribution in [3.63, 3.8) is 0 Å². The molecule has 0 aliphatic carbocycles. The molecule has 1 fully saturated rings. The van der Waals surface area contributed by atoms with E-state index < -0.39 is 0 Å². The number of likely N-dealkylation sites (tertiary alicyclic amines) is 1. The Morgan fingerprint density at radius 2 is 2.17 bits per heavy atom. The van der Waals surface area contributed by atoms with Crippen LogP contribution in [0.1, 0.15) is 32.3 Å². The number of guanidine groups is 1. The van der Waals surface area contributed by atoms with Crippen molar-refractivity contribution in [2.75, 3.05) is 26.2 Å². The first kappa shape index (κ1) is 20.6. The van der Waals surface area contributed by atoms with Crippen LogP contribution in [0.15, 0.2) is 35.6 Å². The second kappa shape index (κ2) is 10.4. The second-order valence-corrected chi connectivity index (χ2v) is 6.83. The molecule has 9 heteroatoms. The summed E-state index contributed by atoms with van der Waals surface area (Å²) in [5, 5.41) is 13.6. The summed E-state index contributed by atoms with van der Waals surface area (Å²) in [5.74, 6) is 1.53. The number of hydrogen-bond donors (Lipinski definition) is 3. The minimum atomic E-state index is -0.224. The van der Waals surface area contributed by atoms with Gasteiger partial charge in [0.05, 0.1) is 13.2 Å². The van der Waals surface area contributed by atoms with Crippen LogP contribution in [-0.2, 0) is 11.3 Å². The summed E-state index contributed by atoms with van der Waals surface area (Å²) in [4.78, 5) is 22.5. The van der Waals surface area contributed by atoms with E-state index >= 15 is 0 Å². The third kappa shape index (κ3) is 5.94. The van der Waals surface area contributed by atoms with E-state index in [4.69, 9.17) is 9.73 Å². The zero-order chi connectivity index (χ0) is 20.5. The van der Waals surface area contributed by atoms with Gasteiger partial charge in [-0.25, -0.2) is 14.8 Å². The van der Waals surface area contributed by atoms with Crippen LogP contribution in [0.3, 0.4) is 0 Å². The molecule has 0 atom stereocenters.